The van der Waals surface area contributed by atoms with Gasteiger partial charge < -0.3 is 19.7 Å². The van der Waals surface area contributed by atoms with Crippen LogP contribution in [0.25, 0.3) is 0 Å². The molecule has 0 aliphatic rings. The molecular weight excluding hydrogens is 627 g/mol. The van der Waals surface area contributed by atoms with Crippen LogP contribution in [0.4, 0.5) is 18.9 Å². The minimum atomic E-state index is -4.61. The van der Waals surface area contributed by atoms with Crippen LogP contribution < -0.4 is 19.7 Å². The van der Waals surface area contributed by atoms with Crippen LogP contribution in [-0.2, 0) is 10.7 Å². The van der Waals surface area contributed by atoms with Gasteiger partial charge in [0.2, 0.25) is 0 Å². The first-order valence-electron chi connectivity index (χ1n) is 11.4. The molecule has 2 N–H and O–H groups in total. The van der Waals surface area contributed by atoms with Gasteiger partial charge in [-0.3, -0.25) is 0 Å². The molecule has 4 rings (SSSR count). The SMILES string of the molecule is O=P(Oc1ccccc1)(Oc1ccccc1)[C@H](NC(=S)Nc1cc(C(F)(F)F)ccc1Cl)c1ccc(Cl)cc1Cl. The lowest BCUT2D eigenvalue weighted by Gasteiger charge is -2.30. The van der Waals surface area contributed by atoms with Crippen LogP contribution in [0.2, 0.25) is 15.1 Å². The molecule has 0 aromatic heterocycles. The number of rotatable bonds is 8. The van der Waals surface area contributed by atoms with Gasteiger partial charge in [0.15, 0.2) is 10.9 Å². The maximum absolute atomic E-state index is 14.7. The van der Waals surface area contributed by atoms with E-state index in [-0.39, 0.29) is 37.9 Å². The van der Waals surface area contributed by atoms with Crippen LogP contribution in [0.3, 0.4) is 0 Å². The van der Waals surface area contributed by atoms with E-state index in [2.05, 4.69) is 10.6 Å². The Morgan fingerprint density at radius 1 is 0.800 bits per heavy atom. The fourth-order valence-electron chi connectivity index (χ4n) is 3.51. The summed E-state index contributed by atoms with van der Waals surface area (Å²) in [4.78, 5) is 0. The Morgan fingerprint density at radius 3 is 1.90 bits per heavy atom. The molecule has 0 spiro atoms. The predicted molar refractivity (Wildman–Crippen MR) is 157 cm³/mol. The molecule has 40 heavy (non-hydrogen) atoms. The van der Waals surface area contributed by atoms with Gasteiger partial charge in [-0.15, -0.1) is 0 Å². The van der Waals surface area contributed by atoms with Gasteiger partial charge in [-0.1, -0.05) is 77.3 Å². The van der Waals surface area contributed by atoms with E-state index < -0.39 is 25.1 Å². The number of alkyl halides is 3. The Hall–Kier alpha value is -2.94. The Morgan fingerprint density at radius 2 is 1.38 bits per heavy atom. The largest absolute Gasteiger partial charge is 0.457 e. The van der Waals surface area contributed by atoms with Crippen LogP contribution in [0.1, 0.15) is 16.9 Å². The van der Waals surface area contributed by atoms with E-state index in [1.807, 2.05) is 0 Å². The molecule has 0 amide bonds. The van der Waals surface area contributed by atoms with Gasteiger partial charge in [0.1, 0.15) is 11.5 Å². The monoisotopic (exact) mass is 644 g/mol. The number of para-hydroxylation sites is 2. The summed E-state index contributed by atoms with van der Waals surface area (Å²) in [7, 11) is -4.32. The minimum absolute atomic E-state index is 0.0255. The number of thiocarbonyl (C=S) groups is 1. The van der Waals surface area contributed by atoms with Crippen LogP contribution in [0.15, 0.2) is 97.1 Å². The quantitative estimate of drug-likeness (QED) is 0.147. The maximum atomic E-state index is 14.7. The van der Waals surface area contributed by atoms with Gasteiger partial charge in [0.25, 0.3) is 0 Å². The van der Waals surface area contributed by atoms with E-state index in [0.29, 0.717) is 5.02 Å². The highest BCUT2D eigenvalue weighted by Gasteiger charge is 2.43. The molecule has 0 saturated heterocycles. The fraction of sp³-hybridized carbons (Fsp3) is 0.0741. The van der Waals surface area contributed by atoms with E-state index in [1.54, 1.807) is 60.7 Å². The molecular formula is C27H19Cl3F3N2O3PS. The van der Waals surface area contributed by atoms with Crippen molar-refractivity contribution in [3.8, 4) is 11.5 Å². The second-order valence-corrected chi connectivity index (χ2v) is 11.8. The van der Waals surface area contributed by atoms with Crippen molar-refractivity contribution in [3.05, 3.63) is 123 Å². The van der Waals surface area contributed by atoms with Crippen LogP contribution in [0.5, 0.6) is 11.5 Å². The van der Waals surface area contributed by atoms with Crippen molar-refractivity contribution < 1.29 is 26.8 Å². The van der Waals surface area contributed by atoms with E-state index in [4.69, 9.17) is 56.1 Å². The summed E-state index contributed by atoms with van der Waals surface area (Å²) < 4.78 is 66.5. The highest BCUT2D eigenvalue weighted by molar-refractivity contribution is 7.80. The zero-order valence-corrected chi connectivity index (χ0v) is 24.1. The molecule has 13 heteroatoms. The fourth-order valence-corrected chi connectivity index (χ4v) is 6.52. The van der Waals surface area contributed by atoms with Crippen molar-refractivity contribution >= 4 is 65.4 Å². The highest BCUT2D eigenvalue weighted by Crippen LogP contribution is 2.60. The Labute approximate surface area is 248 Å². The van der Waals surface area contributed by atoms with Gasteiger partial charge in [-0.05, 0) is 66.8 Å². The third-order valence-corrected chi connectivity index (χ3v) is 8.42. The normalized spacial score (nSPS) is 12.3. The highest BCUT2D eigenvalue weighted by atomic mass is 35.5. The Bertz CT molecular complexity index is 1500. The lowest BCUT2D eigenvalue weighted by molar-refractivity contribution is -0.137. The molecule has 0 radical (unpaired) electrons. The van der Waals surface area contributed by atoms with E-state index >= 15 is 0 Å². The molecule has 1 atom stereocenters. The van der Waals surface area contributed by atoms with Gasteiger partial charge in [0, 0.05) is 15.6 Å². The lowest BCUT2D eigenvalue weighted by atomic mass is 10.2. The molecule has 0 unspecified atom stereocenters. The van der Waals surface area contributed by atoms with Gasteiger partial charge in [-0.25, -0.2) is 4.57 Å². The first-order valence-corrected chi connectivity index (χ1v) is 14.6. The molecule has 0 bridgehead atoms. The molecule has 0 aliphatic carbocycles. The van der Waals surface area contributed by atoms with Crippen molar-refractivity contribution in [2.45, 2.75) is 12.0 Å². The van der Waals surface area contributed by atoms with Crippen molar-refractivity contribution in [1.29, 1.82) is 0 Å². The van der Waals surface area contributed by atoms with Crippen LogP contribution >= 0.6 is 54.6 Å². The molecule has 208 valence electrons. The van der Waals surface area contributed by atoms with Crippen molar-refractivity contribution in [3.63, 3.8) is 0 Å². The number of anilines is 1. The maximum Gasteiger partial charge on any atom is 0.457 e. The third kappa shape index (κ3) is 7.62. The topological polar surface area (TPSA) is 59.6 Å². The first-order chi connectivity index (χ1) is 18.9. The third-order valence-electron chi connectivity index (χ3n) is 5.33. The molecule has 4 aromatic rings. The predicted octanol–water partition coefficient (Wildman–Crippen LogP) is 10.0. The number of halogens is 6. The second kappa shape index (κ2) is 12.7. The second-order valence-electron chi connectivity index (χ2n) is 8.21. The summed E-state index contributed by atoms with van der Waals surface area (Å²) >= 11 is 24.2. The summed E-state index contributed by atoms with van der Waals surface area (Å²) in [6.07, 6.45) is -4.61. The average molecular weight is 646 g/mol. The number of hydrogen-bond donors (Lipinski definition) is 2. The van der Waals surface area contributed by atoms with Crippen LogP contribution in [0, 0.1) is 0 Å². The molecule has 4 aromatic carbocycles. The standard InChI is InChI=1S/C27H19Cl3F3N2O3PS/c28-18-12-13-21(23(30)16-18)25(35-26(40)34-24-15-17(27(31,32)33)11-14-22(24)29)39(36,37-19-7-3-1-4-8-19)38-20-9-5-2-6-10-20/h1-16,25H,(H2,34,35,40)/t25-/m0/s1. The summed E-state index contributed by atoms with van der Waals surface area (Å²) in [5.74, 6) is -0.917. The molecule has 0 fully saturated rings. The molecule has 0 heterocycles. The van der Waals surface area contributed by atoms with Crippen LogP contribution in [-0.4, -0.2) is 5.11 Å². The zero-order chi connectivity index (χ0) is 28.9. The van der Waals surface area contributed by atoms with Gasteiger partial charge in [0.05, 0.1) is 16.3 Å². The molecule has 0 saturated carbocycles. The number of benzene rings is 4. The molecule has 0 aliphatic heterocycles. The van der Waals surface area contributed by atoms with Gasteiger partial charge in [-0.2, -0.15) is 13.2 Å². The van der Waals surface area contributed by atoms with E-state index in [9.17, 15) is 17.7 Å². The Balaban J connectivity index is 1.76. The summed E-state index contributed by atoms with van der Waals surface area (Å²) in [6, 6.07) is 23.8. The Kier molecular flexibility index (Phi) is 9.54. The lowest BCUT2D eigenvalue weighted by Crippen LogP contribution is -2.34. The van der Waals surface area contributed by atoms with Crippen molar-refractivity contribution in [1.82, 2.24) is 5.32 Å². The molecule has 5 nitrogen and oxygen atoms in total. The summed E-state index contributed by atoms with van der Waals surface area (Å²) in [5.41, 5.74) is -0.830. The minimum Gasteiger partial charge on any atom is -0.414 e. The smallest absolute Gasteiger partial charge is 0.414 e. The van der Waals surface area contributed by atoms with E-state index in [1.165, 1.54) is 18.2 Å². The zero-order valence-electron chi connectivity index (χ0n) is 20.2. The first kappa shape index (κ1) is 30.0. The summed E-state index contributed by atoms with van der Waals surface area (Å²) in [6.45, 7) is 0. The number of hydrogen-bond acceptors (Lipinski definition) is 4. The van der Waals surface area contributed by atoms with Crippen molar-refractivity contribution in [2.24, 2.45) is 0 Å². The summed E-state index contributed by atoms with van der Waals surface area (Å²) in [5, 5.41) is 5.65. The number of nitrogens with one attached hydrogen (secondary N) is 2. The average Bonchev–Trinajstić information content (AvgIpc) is 2.89. The van der Waals surface area contributed by atoms with Gasteiger partial charge >= 0.3 is 13.8 Å². The van der Waals surface area contributed by atoms with E-state index in [0.717, 1.165) is 18.2 Å². The van der Waals surface area contributed by atoms with Crippen molar-refractivity contribution in [2.75, 3.05) is 5.32 Å².